The van der Waals surface area contributed by atoms with Crippen LogP contribution in [-0.2, 0) is 19.1 Å². The molecule has 2 aromatic heterocycles. The van der Waals surface area contributed by atoms with Gasteiger partial charge >= 0.3 is 5.97 Å². The molecule has 5 nitrogen and oxygen atoms in total. The maximum absolute atomic E-state index is 13.4. The van der Waals surface area contributed by atoms with E-state index in [1.54, 1.807) is 22.7 Å². The van der Waals surface area contributed by atoms with Gasteiger partial charge < -0.3 is 14.8 Å². The number of thiophene rings is 2. The van der Waals surface area contributed by atoms with Gasteiger partial charge in [-0.15, -0.1) is 22.7 Å². The molecule has 0 bridgehead atoms. The smallest absolute Gasteiger partial charge is 0.336 e. The van der Waals surface area contributed by atoms with Crippen LogP contribution in [0.5, 0.6) is 0 Å². The normalized spacial score (nSPS) is 21.4. The summed E-state index contributed by atoms with van der Waals surface area (Å²) in [6.07, 6.45) is 1.32. The molecule has 1 N–H and O–H groups in total. The summed E-state index contributed by atoms with van der Waals surface area (Å²) in [7, 11) is 0. The minimum Gasteiger partial charge on any atom is -0.460 e. The van der Waals surface area contributed by atoms with Crippen molar-refractivity contribution in [1.29, 1.82) is 0 Å². The maximum atomic E-state index is 13.4. The molecule has 0 aromatic carbocycles. The van der Waals surface area contributed by atoms with Gasteiger partial charge in [0.25, 0.3) is 0 Å². The molecular formula is C24H27NO4S2. The molecule has 31 heavy (non-hydrogen) atoms. The van der Waals surface area contributed by atoms with E-state index in [1.807, 2.05) is 44.4 Å². The van der Waals surface area contributed by atoms with Crippen molar-refractivity contribution in [2.75, 3.05) is 13.2 Å². The number of ether oxygens (including phenoxy) is 2. The van der Waals surface area contributed by atoms with Crippen LogP contribution < -0.4 is 5.32 Å². The van der Waals surface area contributed by atoms with Gasteiger partial charge in [0.2, 0.25) is 0 Å². The van der Waals surface area contributed by atoms with Gasteiger partial charge in [0.05, 0.1) is 24.2 Å². The Morgan fingerprint density at radius 2 is 1.84 bits per heavy atom. The Labute approximate surface area is 190 Å². The van der Waals surface area contributed by atoms with Crippen LogP contribution in [-0.4, -0.2) is 31.1 Å². The summed E-state index contributed by atoms with van der Waals surface area (Å²) in [5.41, 5.74) is 2.93. The Hall–Kier alpha value is -2.22. The predicted molar refractivity (Wildman–Crippen MR) is 123 cm³/mol. The molecule has 0 radical (unpaired) electrons. The lowest BCUT2D eigenvalue weighted by atomic mass is 9.74. The third kappa shape index (κ3) is 4.68. The van der Waals surface area contributed by atoms with Crippen LogP contribution in [0, 0.1) is 0 Å². The van der Waals surface area contributed by atoms with Crippen molar-refractivity contribution in [3.8, 4) is 0 Å². The molecule has 0 fully saturated rings. The lowest BCUT2D eigenvalue weighted by Crippen LogP contribution is -2.36. The molecule has 2 aliphatic rings. The summed E-state index contributed by atoms with van der Waals surface area (Å²) >= 11 is 3.25. The van der Waals surface area contributed by atoms with E-state index in [-0.39, 0.29) is 30.3 Å². The Balaban J connectivity index is 1.63. The fourth-order valence-corrected chi connectivity index (χ4v) is 5.94. The van der Waals surface area contributed by atoms with E-state index in [4.69, 9.17) is 9.47 Å². The molecule has 7 heteroatoms. The zero-order chi connectivity index (χ0) is 22.0. The molecule has 2 aromatic rings. The van der Waals surface area contributed by atoms with Gasteiger partial charge in [-0.3, -0.25) is 4.79 Å². The van der Waals surface area contributed by atoms with Crippen LogP contribution in [0.2, 0.25) is 0 Å². The maximum Gasteiger partial charge on any atom is 0.336 e. The minimum absolute atomic E-state index is 0.0822. The molecule has 4 rings (SSSR count). The number of carbonyl (C=O) groups excluding carboxylic acids is 2. The van der Waals surface area contributed by atoms with Gasteiger partial charge in [-0.05, 0) is 50.1 Å². The van der Waals surface area contributed by atoms with Gasteiger partial charge in [0.15, 0.2) is 5.78 Å². The molecule has 2 atom stereocenters. The Morgan fingerprint density at radius 1 is 1.13 bits per heavy atom. The first kappa shape index (κ1) is 22.0. The van der Waals surface area contributed by atoms with Crippen LogP contribution in [0.1, 0.15) is 55.2 Å². The first-order chi connectivity index (χ1) is 15.0. The van der Waals surface area contributed by atoms with E-state index >= 15 is 0 Å². The number of nitrogens with one attached hydrogen (secondary N) is 1. The number of esters is 1. The molecular weight excluding hydrogens is 430 g/mol. The number of rotatable bonds is 7. The van der Waals surface area contributed by atoms with Crippen molar-refractivity contribution < 1.29 is 19.1 Å². The number of Topliss-reactive ketones (excluding diaryl/α,β-unsaturated/α-hetero) is 1. The lowest BCUT2D eigenvalue weighted by Gasteiger charge is -2.35. The first-order valence-electron chi connectivity index (χ1n) is 10.5. The minimum atomic E-state index is -0.393. The summed E-state index contributed by atoms with van der Waals surface area (Å²) in [5, 5.41) is 7.42. The largest absolute Gasteiger partial charge is 0.460 e. The molecule has 1 aliphatic heterocycles. The van der Waals surface area contributed by atoms with E-state index in [2.05, 4.69) is 16.8 Å². The van der Waals surface area contributed by atoms with Crippen molar-refractivity contribution in [3.63, 3.8) is 0 Å². The third-order valence-electron chi connectivity index (χ3n) is 5.59. The van der Waals surface area contributed by atoms with Crippen molar-refractivity contribution in [3.05, 3.63) is 67.3 Å². The molecule has 164 valence electrons. The SMILES string of the molecule is CC1=C(C(=O)OCCOC(C)C)C(c2cccs2)C2=C(CC(c3cccs3)CC2=O)N1. The van der Waals surface area contributed by atoms with Gasteiger partial charge in [-0.1, -0.05) is 12.1 Å². The zero-order valence-corrected chi connectivity index (χ0v) is 19.6. The first-order valence-corrected chi connectivity index (χ1v) is 12.3. The summed E-state index contributed by atoms with van der Waals surface area (Å²) in [6.45, 7) is 6.31. The number of carbonyl (C=O) groups is 2. The molecule has 0 spiro atoms. The number of ketones is 1. The van der Waals surface area contributed by atoms with Crippen molar-refractivity contribution in [1.82, 2.24) is 5.32 Å². The highest BCUT2D eigenvalue weighted by molar-refractivity contribution is 7.10. The zero-order valence-electron chi connectivity index (χ0n) is 18.0. The second-order valence-corrected chi connectivity index (χ2v) is 10.1. The number of hydrogen-bond acceptors (Lipinski definition) is 7. The van der Waals surface area contributed by atoms with Gasteiger partial charge in [-0.2, -0.15) is 0 Å². The van der Waals surface area contributed by atoms with E-state index < -0.39 is 5.97 Å². The highest BCUT2D eigenvalue weighted by Gasteiger charge is 2.41. The fourth-order valence-electron chi connectivity index (χ4n) is 4.27. The Bertz CT molecular complexity index is 1000. The number of allylic oxidation sites excluding steroid dienone is 3. The summed E-state index contributed by atoms with van der Waals surface area (Å²) in [4.78, 5) is 28.7. The van der Waals surface area contributed by atoms with Gasteiger partial charge in [-0.25, -0.2) is 4.79 Å². The van der Waals surface area contributed by atoms with Crippen LogP contribution in [0.15, 0.2) is 57.6 Å². The van der Waals surface area contributed by atoms with Crippen LogP contribution in [0.25, 0.3) is 0 Å². The number of hydrogen-bond donors (Lipinski definition) is 1. The van der Waals surface area contributed by atoms with Crippen molar-refractivity contribution in [2.45, 2.75) is 51.6 Å². The van der Waals surface area contributed by atoms with E-state index in [9.17, 15) is 9.59 Å². The predicted octanol–water partition coefficient (Wildman–Crippen LogP) is 5.14. The van der Waals surface area contributed by atoms with E-state index in [1.165, 1.54) is 4.88 Å². The quantitative estimate of drug-likeness (QED) is 0.461. The van der Waals surface area contributed by atoms with Crippen LogP contribution >= 0.6 is 22.7 Å². The van der Waals surface area contributed by atoms with Gasteiger partial charge in [0, 0.05) is 39.1 Å². The molecule has 0 amide bonds. The summed E-state index contributed by atoms with van der Waals surface area (Å²) in [5.74, 6) is -0.495. The molecule has 1 aliphatic carbocycles. The molecule has 3 heterocycles. The Morgan fingerprint density at radius 3 is 2.48 bits per heavy atom. The summed E-state index contributed by atoms with van der Waals surface area (Å²) < 4.78 is 11.0. The van der Waals surface area contributed by atoms with Crippen LogP contribution in [0.4, 0.5) is 0 Å². The standard InChI is InChI=1S/C24H27NO4S2/c1-14(2)28-8-9-29-24(27)21-15(3)25-17-12-16(19-6-4-10-30-19)13-18(26)22(17)23(21)20-7-5-11-31-20/h4-7,10-11,14,16,23,25H,8-9,12-13H2,1-3H3. The topological polar surface area (TPSA) is 64.6 Å². The average Bonchev–Trinajstić information content (AvgIpc) is 3.44. The molecule has 0 saturated heterocycles. The highest BCUT2D eigenvalue weighted by Crippen LogP contribution is 2.47. The second kappa shape index (κ2) is 9.51. The second-order valence-electron chi connectivity index (χ2n) is 8.10. The average molecular weight is 458 g/mol. The fraction of sp³-hybridized carbons (Fsp3) is 0.417. The monoisotopic (exact) mass is 457 g/mol. The third-order valence-corrected chi connectivity index (χ3v) is 7.56. The van der Waals surface area contributed by atoms with Crippen molar-refractivity contribution in [2.24, 2.45) is 0 Å². The molecule has 0 saturated carbocycles. The van der Waals surface area contributed by atoms with Gasteiger partial charge in [0.1, 0.15) is 6.61 Å². The molecule has 2 unspecified atom stereocenters. The van der Waals surface area contributed by atoms with E-state index in [0.29, 0.717) is 24.2 Å². The highest BCUT2D eigenvalue weighted by atomic mass is 32.1. The van der Waals surface area contributed by atoms with Crippen LogP contribution in [0.3, 0.4) is 0 Å². The Kier molecular flexibility index (Phi) is 6.74. The lowest BCUT2D eigenvalue weighted by molar-refractivity contribution is -0.141. The van der Waals surface area contributed by atoms with E-state index in [0.717, 1.165) is 22.7 Å². The number of dihydropyridines is 1. The summed E-state index contributed by atoms with van der Waals surface area (Å²) in [6, 6.07) is 8.07. The van der Waals surface area contributed by atoms with Crippen molar-refractivity contribution >= 4 is 34.4 Å².